The molecule has 0 atom stereocenters. The van der Waals surface area contributed by atoms with Crippen LogP contribution in [0.3, 0.4) is 0 Å². The first-order chi connectivity index (χ1) is 47.5. The van der Waals surface area contributed by atoms with E-state index in [4.69, 9.17) is 39.9 Å². The number of carbonyl (C=O) groups is 6. The minimum absolute atomic E-state index is 0.0131. The first kappa shape index (κ1) is 78.9. The maximum Gasteiger partial charge on any atom is 0.303 e. The Labute approximate surface area is 576 Å². The standard InChI is InChI=1S/2C34H51N7O4.C4H6O4/c2*1-4-30-28(32(38-27-16-21-45-22-17-27)29-24-36-41(5-2)33(29)39-30)23-35-34(44)25-12-14-26(15-13-25)37-31(43)11-9-7-6-8-10-18-40(3)19-20-42;5-3(6)1-2-4(7)8/h2*12-15,24,27,42H,4-11,16-23H2,1-3H3,(H,35,44)(H,37,43)(H,38,39);1-2H2,(H,5,6)(H,7,8). The average molecular weight is 1360 g/mol. The number of unbranched alkanes of at least 4 members (excludes halogenated alkanes) is 8. The van der Waals surface area contributed by atoms with Crippen LogP contribution in [0.25, 0.3) is 22.1 Å². The molecule has 8 rings (SSSR count). The van der Waals surface area contributed by atoms with E-state index in [-0.39, 0.29) is 61.8 Å². The maximum atomic E-state index is 13.2. The molecule has 2 aliphatic rings. The Balaban J connectivity index is 0.000000278. The van der Waals surface area contributed by atoms with E-state index in [0.717, 1.165) is 211 Å². The number of carboxylic acid groups (broad SMARTS) is 2. The van der Waals surface area contributed by atoms with Gasteiger partial charge in [-0.1, -0.05) is 52.4 Å². The van der Waals surface area contributed by atoms with Crippen molar-refractivity contribution in [2.45, 2.75) is 194 Å². The number of likely N-dealkylation sites (N-methyl/N-ethyl adjacent to an activating group) is 2. The summed E-state index contributed by atoms with van der Waals surface area (Å²) >= 11 is 0. The van der Waals surface area contributed by atoms with E-state index < -0.39 is 11.9 Å². The van der Waals surface area contributed by atoms with Gasteiger partial charge < -0.3 is 71.6 Å². The zero-order valence-corrected chi connectivity index (χ0v) is 58.6. The molecule has 2 saturated heterocycles. The zero-order chi connectivity index (χ0) is 70.6. The molecule has 6 heterocycles. The normalized spacial score (nSPS) is 13.4. The number of aliphatic carboxylic acids is 2. The Morgan fingerprint density at radius 2 is 0.857 bits per heavy atom. The number of amides is 4. The lowest BCUT2D eigenvalue weighted by Crippen LogP contribution is -2.30. The molecule has 2 fully saturated rings. The van der Waals surface area contributed by atoms with E-state index in [1.54, 1.807) is 48.5 Å². The van der Waals surface area contributed by atoms with E-state index in [2.05, 4.69) is 79.6 Å². The van der Waals surface area contributed by atoms with Crippen LogP contribution in [-0.2, 0) is 67.7 Å². The van der Waals surface area contributed by atoms with Gasteiger partial charge in [-0.15, -0.1) is 0 Å². The highest BCUT2D eigenvalue weighted by Gasteiger charge is 2.25. The van der Waals surface area contributed by atoms with Crippen molar-refractivity contribution in [1.82, 2.24) is 50.0 Å². The Kier molecular flexibility index (Phi) is 34.8. The molecule has 6 aromatic rings. The van der Waals surface area contributed by atoms with Gasteiger partial charge in [-0.05, 0) is 154 Å². The van der Waals surface area contributed by atoms with Gasteiger partial charge in [-0.2, -0.15) is 10.2 Å². The van der Waals surface area contributed by atoms with E-state index in [9.17, 15) is 28.8 Å². The fourth-order valence-corrected chi connectivity index (χ4v) is 11.8. The number of pyridine rings is 2. The topological polar surface area (TPSA) is 342 Å². The maximum absolute atomic E-state index is 13.2. The Morgan fingerprint density at radius 1 is 0.500 bits per heavy atom. The van der Waals surface area contributed by atoms with E-state index >= 15 is 0 Å². The van der Waals surface area contributed by atoms with Gasteiger partial charge in [0.2, 0.25) is 11.8 Å². The monoisotopic (exact) mass is 1360 g/mol. The lowest BCUT2D eigenvalue weighted by Gasteiger charge is -2.26. The minimum Gasteiger partial charge on any atom is -0.481 e. The van der Waals surface area contributed by atoms with Gasteiger partial charge in [0, 0.05) is 136 Å². The van der Waals surface area contributed by atoms with E-state index in [1.165, 1.54) is 0 Å². The zero-order valence-electron chi connectivity index (χ0n) is 58.6. The number of rotatable bonds is 39. The molecule has 26 heteroatoms. The summed E-state index contributed by atoms with van der Waals surface area (Å²) in [7, 11) is 4.04. The minimum atomic E-state index is -1.08. The van der Waals surface area contributed by atoms with Crippen LogP contribution < -0.4 is 31.9 Å². The Hall–Kier alpha value is -8.14. The lowest BCUT2D eigenvalue weighted by atomic mass is 10.0. The number of benzene rings is 2. The van der Waals surface area contributed by atoms with Crippen LogP contribution >= 0.6 is 0 Å². The molecule has 0 radical (unpaired) electrons. The van der Waals surface area contributed by atoms with Crippen molar-refractivity contribution >= 4 is 80.4 Å². The van der Waals surface area contributed by atoms with Gasteiger partial charge in [0.25, 0.3) is 11.8 Å². The summed E-state index contributed by atoms with van der Waals surface area (Å²) in [6.07, 6.45) is 19.7. The third-order valence-corrected chi connectivity index (χ3v) is 17.5. The number of ether oxygens (including phenoxy) is 2. The second kappa shape index (κ2) is 43.3. The summed E-state index contributed by atoms with van der Waals surface area (Å²) in [4.78, 5) is 84.7. The Morgan fingerprint density at radius 3 is 1.19 bits per heavy atom. The highest BCUT2D eigenvalue weighted by Crippen LogP contribution is 2.33. The lowest BCUT2D eigenvalue weighted by molar-refractivity contribution is -0.143. The van der Waals surface area contributed by atoms with Crippen LogP contribution in [0.5, 0.6) is 0 Å². The second-order valence-corrected chi connectivity index (χ2v) is 25.0. The van der Waals surface area contributed by atoms with Crippen molar-refractivity contribution < 1.29 is 58.7 Å². The van der Waals surface area contributed by atoms with Crippen LogP contribution in [0.4, 0.5) is 22.7 Å². The van der Waals surface area contributed by atoms with Crippen LogP contribution in [-0.4, -0.2) is 187 Å². The molecule has 538 valence electrons. The first-order valence-corrected chi connectivity index (χ1v) is 35.3. The smallest absolute Gasteiger partial charge is 0.303 e. The van der Waals surface area contributed by atoms with Crippen molar-refractivity contribution in [3.63, 3.8) is 0 Å². The highest BCUT2D eigenvalue weighted by atomic mass is 16.5. The van der Waals surface area contributed by atoms with Crippen molar-refractivity contribution in [2.24, 2.45) is 0 Å². The molecule has 0 aliphatic carbocycles. The number of aryl methyl sites for hydroxylation is 4. The summed E-state index contributed by atoms with van der Waals surface area (Å²) in [6.45, 7) is 17.1. The molecule has 0 unspecified atom stereocenters. The number of aliphatic hydroxyl groups excluding tert-OH is 2. The third kappa shape index (κ3) is 26.3. The van der Waals surface area contributed by atoms with Gasteiger partial charge in [0.1, 0.15) is 0 Å². The number of nitrogens with one attached hydrogen (secondary N) is 6. The number of carboxylic acids is 2. The first-order valence-electron chi connectivity index (χ1n) is 35.3. The molecule has 0 bridgehead atoms. The predicted molar refractivity (Wildman–Crippen MR) is 382 cm³/mol. The van der Waals surface area contributed by atoms with Crippen LogP contribution in [0, 0.1) is 0 Å². The summed E-state index contributed by atoms with van der Waals surface area (Å²) in [5.74, 6) is -2.54. The number of aromatic nitrogens is 6. The molecule has 2 aliphatic heterocycles. The summed E-state index contributed by atoms with van der Waals surface area (Å²) in [5, 5.41) is 64.4. The molecule has 4 amide bonds. The van der Waals surface area contributed by atoms with Gasteiger partial charge >= 0.3 is 11.9 Å². The molecular weight excluding hydrogens is 1250 g/mol. The molecule has 0 saturated carbocycles. The van der Waals surface area contributed by atoms with Gasteiger partial charge in [-0.3, -0.25) is 28.8 Å². The molecule has 2 aromatic carbocycles. The number of nitrogens with zero attached hydrogens (tertiary/aromatic N) is 8. The summed E-state index contributed by atoms with van der Waals surface area (Å²) < 4.78 is 15.0. The largest absolute Gasteiger partial charge is 0.481 e. The van der Waals surface area contributed by atoms with Crippen molar-refractivity contribution in [1.29, 1.82) is 0 Å². The van der Waals surface area contributed by atoms with Crippen LogP contribution in [0.15, 0.2) is 60.9 Å². The number of aliphatic hydroxyl groups is 2. The predicted octanol–water partition coefficient (Wildman–Crippen LogP) is 9.41. The molecule has 98 heavy (non-hydrogen) atoms. The van der Waals surface area contributed by atoms with Crippen LogP contribution in [0.1, 0.15) is 187 Å². The average Bonchev–Trinajstić information content (AvgIpc) is 1.56. The fraction of sp³-hybridized carbons (Fsp3) is 0.583. The number of anilines is 4. The molecule has 0 spiro atoms. The van der Waals surface area contributed by atoms with Crippen molar-refractivity contribution in [3.05, 3.63) is 94.6 Å². The fourth-order valence-electron chi connectivity index (χ4n) is 11.8. The number of hydrogen-bond acceptors (Lipinski definition) is 18. The van der Waals surface area contributed by atoms with Gasteiger partial charge in [-0.25, -0.2) is 19.3 Å². The SMILES string of the molecule is CCc1nc2c(cnn2CC)c(NC2CCOCC2)c1CNC(=O)c1ccc(NC(=O)CCCCCCCN(C)CCO)cc1.CCc1nc2c(cnn2CC)c(NC2CCOCC2)c1CNC(=O)c1ccc(NC(=O)CCCCCCCN(C)CCO)cc1.O=C(O)CCC(=O)O. The van der Waals surface area contributed by atoms with Gasteiger partial charge in [0.15, 0.2) is 11.3 Å². The third-order valence-electron chi connectivity index (χ3n) is 17.5. The Bertz CT molecular complexity index is 3200. The molecular formula is C72H108N14O12. The van der Waals surface area contributed by atoms with Crippen molar-refractivity contribution in [3.8, 4) is 0 Å². The second-order valence-electron chi connectivity index (χ2n) is 25.0. The number of carbonyl (C=O) groups excluding carboxylic acids is 4. The van der Waals surface area contributed by atoms with Gasteiger partial charge in [0.05, 0.1) is 60.6 Å². The van der Waals surface area contributed by atoms with Crippen LogP contribution in [0.2, 0.25) is 0 Å². The number of fused-ring (bicyclic) bond motifs is 2. The van der Waals surface area contributed by atoms with E-state index in [0.29, 0.717) is 61.5 Å². The quantitative estimate of drug-likeness (QED) is 0.0161. The molecule has 26 nitrogen and oxygen atoms in total. The molecule has 4 aromatic heterocycles. The summed E-state index contributed by atoms with van der Waals surface area (Å²) in [6, 6.07) is 14.6. The van der Waals surface area contributed by atoms with E-state index in [1.807, 2.05) is 35.9 Å². The highest BCUT2D eigenvalue weighted by molar-refractivity contribution is 5.98. The summed E-state index contributed by atoms with van der Waals surface area (Å²) in [5.41, 5.74) is 9.98. The van der Waals surface area contributed by atoms with Crippen molar-refractivity contribution in [2.75, 3.05) is 101 Å². The number of hydrogen-bond donors (Lipinski definition) is 10. The molecule has 10 N–H and O–H groups in total.